The van der Waals surface area contributed by atoms with Crippen molar-refractivity contribution in [2.45, 2.75) is 45.1 Å². The number of hydrogen-bond donors (Lipinski definition) is 1. The van der Waals surface area contributed by atoms with Crippen molar-refractivity contribution in [1.29, 1.82) is 0 Å². The molecule has 1 aromatic carbocycles. The number of amides is 1. The lowest BCUT2D eigenvalue weighted by atomic mass is 9.94. The number of fused-ring (bicyclic) bond motifs is 2. The quantitative estimate of drug-likeness (QED) is 0.723. The minimum atomic E-state index is 0.0348. The van der Waals surface area contributed by atoms with Crippen molar-refractivity contribution in [2.75, 3.05) is 12.8 Å². The lowest BCUT2D eigenvalue weighted by molar-refractivity contribution is 0.0702. The first-order valence-corrected chi connectivity index (χ1v) is 9.73. The minimum Gasteiger partial charge on any atom is -0.397 e. The molecule has 1 aliphatic rings. The number of nitrogens with zero attached hydrogens (tertiary/aromatic N) is 2. The summed E-state index contributed by atoms with van der Waals surface area (Å²) in [5, 5.41) is 1.95. The molecule has 3 aromatic rings. The number of pyridine rings is 1. The van der Waals surface area contributed by atoms with Crippen LogP contribution < -0.4 is 5.73 Å². The van der Waals surface area contributed by atoms with Crippen molar-refractivity contribution in [3.8, 4) is 0 Å². The van der Waals surface area contributed by atoms with Crippen molar-refractivity contribution < 1.29 is 4.79 Å². The number of nitrogen functional groups attached to an aromatic ring is 1. The molecular weight excluding hydrogens is 330 g/mol. The van der Waals surface area contributed by atoms with Gasteiger partial charge in [0.25, 0.3) is 5.91 Å². The third-order valence-corrected chi connectivity index (χ3v) is 6.41. The summed E-state index contributed by atoms with van der Waals surface area (Å²) in [5.74, 6) is 0.0348. The Bertz CT molecular complexity index is 956. The van der Waals surface area contributed by atoms with Gasteiger partial charge in [0, 0.05) is 23.9 Å². The molecule has 0 aliphatic heterocycles. The molecule has 4 rings (SSSR count). The summed E-state index contributed by atoms with van der Waals surface area (Å²) in [6.07, 6.45) is 5.87. The molecule has 2 N–H and O–H groups in total. The number of hydrogen-bond acceptors (Lipinski definition) is 4. The van der Waals surface area contributed by atoms with E-state index in [4.69, 9.17) is 10.7 Å². The molecule has 1 fully saturated rings. The van der Waals surface area contributed by atoms with Gasteiger partial charge in [0.2, 0.25) is 0 Å². The maximum absolute atomic E-state index is 13.0. The predicted molar refractivity (Wildman–Crippen MR) is 105 cm³/mol. The minimum absolute atomic E-state index is 0.0348. The fourth-order valence-corrected chi connectivity index (χ4v) is 4.82. The van der Waals surface area contributed by atoms with Gasteiger partial charge in [-0.05, 0) is 37.5 Å². The second-order valence-electron chi connectivity index (χ2n) is 7.09. The molecule has 0 radical (unpaired) electrons. The summed E-state index contributed by atoms with van der Waals surface area (Å²) in [7, 11) is 1.91. The van der Waals surface area contributed by atoms with E-state index in [-0.39, 0.29) is 5.91 Å². The maximum atomic E-state index is 13.0. The van der Waals surface area contributed by atoms with Gasteiger partial charge in [-0.1, -0.05) is 31.4 Å². The molecule has 2 aromatic heterocycles. The predicted octanol–water partition coefficient (Wildman–Crippen LogP) is 4.74. The number of nitrogens with two attached hydrogens (primary N) is 1. The van der Waals surface area contributed by atoms with Gasteiger partial charge < -0.3 is 10.6 Å². The lowest BCUT2D eigenvalue weighted by Gasteiger charge is -2.31. The van der Waals surface area contributed by atoms with E-state index in [1.54, 1.807) is 0 Å². The highest BCUT2D eigenvalue weighted by Gasteiger charge is 2.26. The molecule has 4 nitrogen and oxygen atoms in total. The number of benzene rings is 1. The summed E-state index contributed by atoms with van der Waals surface area (Å²) in [6.45, 7) is 2.06. The second-order valence-corrected chi connectivity index (χ2v) is 8.09. The van der Waals surface area contributed by atoms with Gasteiger partial charge in [-0.15, -0.1) is 11.3 Å². The van der Waals surface area contributed by atoms with E-state index in [1.165, 1.54) is 36.2 Å². The van der Waals surface area contributed by atoms with Gasteiger partial charge in [-0.25, -0.2) is 4.98 Å². The number of carbonyl (C=O) groups excluding carboxylic acids is 1. The largest absolute Gasteiger partial charge is 0.397 e. The Hall–Kier alpha value is -2.14. The summed E-state index contributed by atoms with van der Waals surface area (Å²) in [5.41, 5.74) is 9.05. The van der Waals surface area contributed by atoms with E-state index in [0.29, 0.717) is 16.6 Å². The Morgan fingerprint density at radius 3 is 2.76 bits per heavy atom. The van der Waals surface area contributed by atoms with Crippen LogP contribution in [0.1, 0.15) is 47.3 Å². The van der Waals surface area contributed by atoms with Crippen molar-refractivity contribution in [2.24, 2.45) is 0 Å². The van der Waals surface area contributed by atoms with Crippen LogP contribution in [-0.4, -0.2) is 28.9 Å². The van der Waals surface area contributed by atoms with Gasteiger partial charge >= 0.3 is 0 Å². The van der Waals surface area contributed by atoms with E-state index in [0.717, 1.165) is 34.0 Å². The van der Waals surface area contributed by atoms with Crippen LogP contribution in [0.2, 0.25) is 0 Å². The Balaban J connectivity index is 1.75. The molecule has 2 heterocycles. The lowest BCUT2D eigenvalue weighted by Crippen LogP contribution is -2.38. The first-order valence-electron chi connectivity index (χ1n) is 8.91. The van der Waals surface area contributed by atoms with Crippen LogP contribution in [0.25, 0.3) is 21.1 Å². The number of thiophene rings is 1. The molecule has 0 spiro atoms. The molecule has 5 heteroatoms. The fourth-order valence-electron chi connectivity index (χ4n) is 3.76. The summed E-state index contributed by atoms with van der Waals surface area (Å²) < 4.78 is 0. The SMILES string of the molecule is Cc1ccc2cc3c(N)c(C(=O)N(C)C4CCCCC4)sc3nc2c1. The van der Waals surface area contributed by atoms with Crippen LogP contribution in [0, 0.1) is 6.92 Å². The molecule has 0 atom stereocenters. The van der Waals surface area contributed by atoms with E-state index in [9.17, 15) is 4.79 Å². The van der Waals surface area contributed by atoms with E-state index >= 15 is 0 Å². The third kappa shape index (κ3) is 2.86. The summed E-state index contributed by atoms with van der Waals surface area (Å²) in [6, 6.07) is 8.59. The average molecular weight is 353 g/mol. The smallest absolute Gasteiger partial charge is 0.266 e. The fraction of sp³-hybridized carbons (Fsp3) is 0.400. The number of rotatable bonds is 2. The molecular formula is C20H23N3OS. The van der Waals surface area contributed by atoms with Gasteiger partial charge in [-0.2, -0.15) is 0 Å². The molecule has 0 saturated heterocycles. The molecule has 1 saturated carbocycles. The highest BCUT2D eigenvalue weighted by molar-refractivity contribution is 7.21. The van der Waals surface area contributed by atoms with Gasteiger partial charge in [0.15, 0.2) is 0 Å². The standard InChI is InChI=1S/C20H23N3OS/c1-12-8-9-13-11-15-17(21)18(25-19(15)22-16(13)10-12)20(24)23(2)14-6-4-3-5-7-14/h8-11,14H,3-7,21H2,1-2H3. The number of aromatic nitrogens is 1. The van der Waals surface area contributed by atoms with Gasteiger partial charge in [-0.3, -0.25) is 4.79 Å². The van der Waals surface area contributed by atoms with E-state index < -0.39 is 0 Å². The zero-order chi connectivity index (χ0) is 17.6. The highest BCUT2D eigenvalue weighted by atomic mass is 32.1. The van der Waals surface area contributed by atoms with Crippen molar-refractivity contribution >= 4 is 44.1 Å². The van der Waals surface area contributed by atoms with Crippen LogP contribution in [-0.2, 0) is 0 Å². The molecule has 130 valence electrons. The summed E-state index contributed by atoms with van der Waals surface area (Å²) >= 11 is 1.42. The van der Waals surface area contributed by atoms with E-state index in [2.05, 4.69) is 31.2 Å². The monoisotopic (exact) mass is 353 g/mol. The zero-order valence-corrected chi connectivity index (χ0v) is 15.5. The maximum Gasteiger partial charge on any atom is 0.266 e. The second kappa shape index (κ2) is 6.30. The summed E-state index contributed by atoms with van der Waals surface area (Å²) in [4.78, 5) is 21.1. The number of aryl methyl sites for hydroxylation is 1. The van der Waals surface area contributed by atoms with Gasteiger partial charge in [0.05, 0.1) is 11.2 Å². The first kappa shape index (κ1) is 16.3. The highest BCUT2D eigenvalue weighted by Crippen LogP contribution is 2.36. The van der Waals surface area contributed by atoms with Crippen molar-refractivity contribution in [3.05, 3.63) is 34.7 Å². The Morgan fingerprint density at radius 1 is 1.24 bits per heavy atom. The van der Waals surface area contributed by atoms with Crippen LogP contribution in [0.4, 0.5) is 5.69 Å². The van der Waals surface area contributed by atoms with Crippen LogP contribution in [0.5, 0.6) is 0 Å². The Labute approximate surface area is 151 Å². The van der Waals surface area contributed by atoms with Crippen LogP contribution >= 0.6 is 11.3 Å². The number of anilines is 1. The first-order chi connectivity index (χ1) is 12.0. The van der Waals surface area contributed by atoms with Gasteiger partial charge in [0.1, 0.15) is 9.71 Å². The topological polar surface area (TPSA) is 59.2 Å². The third-order valence-electron chi connectivity index (χ3n) is 5.31. The van der Waals surface area contributed by atoms with Crippen molar-refractivity contribution in [3.63, 3.8) is 0 Å². The normalized spacial score (nSPS) is 15.8. The van der Waals surface area contributed by atoms with E-state index in [1.807, 2.05) is 11.9 Å². The Kier molecular flexibility index (Phi) is 4.12. The molecule has 25 heavy (non-hydrogen) atoms. The van der Waals surface area contributed by atoms with Crippen LogP contribution in [0.15, 0.2) is 24.3 Å². The van der Waals surface area contributed by atoms with Crippen molar-refractivity contribution in [1.82, 2.24) is 9.88 Å². The molecule has 0 bridgehead atoms. The van der Waals surface area contributed by atoms with Crippen LogP contribution in [0.3, 0.4) is 0 Å². The average Bonchev–Trinajstić information content (AvgIpc) is 2.95. The molecule has 0 unspecified atom stereocenters. The number of carbonyl (C=O) groups is 1. The zero-order valence-electron chi connectivity index (χ0n) is 14.7. The molecule has 1 amide bonds. The molecule has 1 aliphatic carbocycles. The Morgan fingerprint density at radius 2 is 2.00 bits per heavy atom.